The van der Waals surface area contributed by atoms with Crippen LogP contribution >= 0.6 is 0 Å². The van der Waals surface area contributed by atoms with E-state index in [1.807, 2.05) is 17.4 Å². The number of Topliss-reactive ketones (excluding diaryl/α,β-unsaturated/α-hetero) is 4. The summed E-state index contributed by atoms with van der Waals surface area (Å²) in [7, 11) is 0. The summed E-state index contributed by atoms with van der Waals surface area (Å²) in [5.41, 5.74) is 19.5. The molecule has 1 saturated heterocycles. The Morgan fingerprint density at radius 1 is 0.573 bits per heavy atom. The normalized spacial score (nSPS) is 22.6. The standard InChI is InChI=1S/C84H112N14O26/c1-5-6-7-8-14-46-20-22-47(23-21-46)48-24-26-49(27-25-48)77(116)96-60(31-51-39-88-56-18-12-10-15-52(51)56)82(121)93-58(36-68(87)104)66(102)32-50(33-72(109)110)78(117)98-75-45(4)124-84(123)62(35-64(100)53-16-9-11-17-55(53)86)97-79(118)54(43(2)30-71(107)108)34-67(103)63(42-99)92-70(106)40-89-80(119)61(38-74(113)114)95-76(115)44(3)29-65(101)59(37-73(111)112)94-81(120)57(19-13-28-85)91-69(105)41-90-83(75)122/h9-12,15-18,24-27,39,43-47,50,54,57-63,75,88,99H,5-8,13-14,19-23,28-38,40-42,85-86H2,1-4H3,(H2,87,104)(H,89,119)(H,90,122)(H,91,105)(H,92,106)(H,93,121)(H,94,120)(H,95,115)(H,96,116)(H,97,118)(H,98,117)(H,107,108)(H,109,110)(H,111,112)(H,113,114)/t43-,44+,45-,46?,47?,50+,54+,57+,58-,59+,60+,61+,62+,63-,75+/m1/s1. The minimum atomic E-state index is -2.40. The molecule has 1 aliphatic heterocycles. The lowest BCUT2D eigenvalue weighted by atomic mass is 9.77. The van der Waals surface area contributed by atoms with Crippen molar-refractivity contribution in [2.75, 3.05) is 32.0 Å². The van der Waals surface area contributed by atoms with Crippen LogP contribution in [0.4, 0.5) is 5.69 Å². The van der Waals surface area contributed by atoms with Crippen molar-refractivity contribution in [2.45, 2.75) is 223 Å². The second kappa shape index (κ2) is 49.3. The van der Waals surface area contributed by atoms with Crippen molar-refractivity contribution in [2.24, 2.45) is 41.1 Å². The first-order valence-corrected chi connectivity index (χ1v) is 41.0. The number of nitrogens with two attached hydrogens (primary N) is 3. The molecule has 124 heavy (non-hydrogen) atoms. The molecule has 40 heteroatoms. The first-order chi connectivity index (χ1) is 58.8. The molecule has 2 fully saturated rings. The summed E-state index contributed by atoms with van der Waals surface area (Å²) in [6.07, 6.45) is -1.05. The number of aromatic amines is 1. The van der Waals surface area contributed by atoms with Gasteiger partial charge in [-0.15, -0.1) is 0 Å². The maximum absolute atomic E-state index is 15.0. The molecule has 1 aliphatic carbocycles. The van der Waals surface area contributed by atoms with Crippen molar-refractivity contribution in [1.29, 1.82) is 0 Å². The number of nitrogens with one attached hydrogen (secondary N) is 11. The summed E-state index contributed by atoms with van der Waals surface area (Å²) in [5.74, 6) is -32.8. The van der Waals surface area contributed by atoms with Gasteiger partial charge in [-0.05, 0) is 111 Å². The summed E-state index contributed by atoms with van der Waals surface area (Å²) in [4.78, 5) is 280. The van der Waals surface area contributed by atoms with Gasteiger partial charge in [0.05, 0.1) is 63.4 Å². The third kappa shape index (κ3) is 31.9. The number of aliphatic carboxylic acids is 4. The van der Waals surface area contributed by atoms with E-state index in [2.05, 4.69) is 59.8 Å². The average molecular weight is 1730 g/mol. The van der Waals surface area contributed by atoms with Crippen LogP contribution in [0, 0.1) is 29.6 Å². The zero-order valence-electron chi connectivity index (χ0n) is 69.4. The monoisotopic (exact) mass is 1730 g/mol. The molecular weight excluding hydrogens is 1620 g/mol. The van der Waals surface area contributed by atoms with Gasteiger partial charge in [0.25, 0.3) is 5.91 Å². The van der Waals surface area contributed by atoms with Gasteiger partial charge in [0.2, 0.25) is 59.1 Å². The predicted molar refractivity (Wildman–Crippen MR) is 440 cm³/mol. The SMILES string of the molecule is CCCCCCC1CCC(c2ccc(C(=O)N[C@@H](Cc3c[nH]c4ccccc34)C(=O)N[C@H](CC(N)=O)C(=O)C[C@@H](CC(=O)O)C(=O)N[C@@H]3C(=O)NCC(=O)N[C@@H](CCCN)C(=O)N[C@@H](CC(=O)O)C(=O)C[C@H](C)C(=O)N[C@@H](CC(=O)O)C(=O)NCC(=O)N[C@H](CO)C(=O)C[C@@H]([C@H](C)CC(=O)O)C(=O)N[C@@H](CC(=O)c4ccccc4N)C(=O)O[C@@H]3C)cc2)CC1. The van der Waals surface area contributed by atoms with Gasteiger partial charge in [-0.25, -0.2) is 4.79 Å². The van der Waals surface area contributed by atoms with E-state index < -0.39 is 274 Å². The van der Waals surface area contributed by atoms with Crippen molar-refractivity contribution in [1.82, 2.24) is 58.2 Å². The Labute approximate surface area is 713 Å². The smallest absolute Gasteiger partial charge is 0.329 e. The lowest BCUT2D eigenvalue weighted by Gasteiger charge is -2.29. The number of nitrogen functional groups attached to an aromatic ring is 1. The van der Waals surface area contributed by atoms with E-state index in [0.717, 1.165) is 51.5 Å². The lowest BCUT2D eigenvalue weighted by molar-refractivity contribution is -0.156. The van der Waals surface area contributed by atoms with Gasteiger partial charge in [0, 0.05) is 84.3 Å². The Morgan fingerprint density at radius 2 is 1.18 bits per heavy atom. The Bertz CT molecular complexity index is 4540. The summed E-state index contributed by atoms with van der Waals surface area (Å²) >= 11 is 0. The van der Waals surface area contributed by atoms with E-state index >= 15 is 0 Å². The third-order valence-electron chi connectivity index (χ3n) is 21.7. The molecule has 22 N–H and O–H groups in total. The molecule has 1 aromatic heterocycles. The van der Waals surface area contributed by atoms with E-state index in [4.69, 9.17) is 21.9 Å². The largest absolute Gasteiger partial charge is 0.481 e. The number of carboxylic acids is 4. The number of anilines is 1. The number of hydrogen-bond acceptors (Lipinski definition) is 24. The molecule has 0 unspecified atom stereocenters. The van der Waals surface area contributed by atoms with Crippen LogP contribution in [0.5, 0.6) is 0 Å². The van der Waals surface area contributed by atoms with Crippen molar-refractivity contribution in [3.05, 3.63) is 101 Å². The number of esters is 1. The number of H-pyrrole nitrogens is 1. The molecule has 1 saturated carbocycles. The third-order valence-corrected chi connectivity index (χ3v) is 21.7. The highest BCUT2D eigenvalue weighted by Crippen LogP contribution is 2.38. The quantitative estimate of drug-likeness (QED) is 0.0125. The molecule has 13 atom stereocenters. The number of carboxylic acid groups (broad SMARTS) is 4. The highest BCUT2D eigenvalue weighted by molar-refractivity contribution is 6.05. The van der Waals surface area contributed by atoms with E-state index in [1.165, 1.54) is 56.9 Å². The topological polar surface area (TPSA) is 666 Å². The molecule has 0 spiro atoms. The fourth-order valence-corrected chi connectivity index (χ4v) is 14.7. The zero-order valence-corrected chi connectivity index (χ0v) is 69.4. The molecule has 2 aliphatic rings. The second-order valence-corrected chi connectivity index (χ2v) is 31.4. The van der Waals surface area contributed by atoms with Crippen LogP contribution < -0.4 is 70.4 Å². The highest BCUT2D eigenvalue weighted by atomic mass is 16.5. The molecule has 4 aromatic rings. The number of primary amides is 1. The number of aromatic nitrogens is 1. The van der Waals surface area contributed by atoms with Crippen molar-refractivity contribution < 1.29 is 126 Å². The molecule has 6 rings (SSSR count). The van der Waals surface area contributed by atoms with E-state index in [9.17, 15) is 121 Å². The van der Waals surface area contributed by atoms with Crippen LogP contribution in [0.2, 0.25) is 0 Å². The predicted octanol–water partition coefficient (Wildman–Crippen LogP) is 0.0673. The van der Waals surface area contributed by atoms with Crippen LogP contribution in [0.15, 0.2) is 79.0 Å². The number of carbonyl (C=O) groups excluding carboxylic acids is 16. The minimum Gasteiger partial charge on any atom is -0.481 e. The van der Waals surface area contributed by atoms with E-state index in [1.54, 1.807) is 42.6 Å². The number of aliphatic hydroxyl groups is 1. The van der Waals surface area contributed by atoms with Crippen LogP contribution in [0.25, 0.3) is 10.9 Å². The number of ether oxygens (including phenoxy) is 1. The number of aliphatic hydroxyl groups excluding tert-OH is 1. The average Bonchev–Trinajstić information content (AvgIpc) is 1.64. The fraction of sp³-hybridized carbons (Fsp3) is 0.524. The van der Waals surface area contributed by atoms with Crippen molar-refractivity contribution in [3.8, 4) is 0 Å². The molecule has 40 nitrogen and oxygen atoms in total. The molecule has 2 heterocycles. The van der Waals surface area contributed by atoms with Gasteiger partial charge < -0.3 is 106 Å². The number of carbonyl (C=O) groups is 20. The number of unbranched alkanes of at least 4 members (excludes halogenated alkanes) is 3. The van der Waals surface area contributed by atoms with Crippen LogP contribution in [-0.2, 0) is 97.5 Å². The number of hydrogen-bond donors (Lipinski definition) is 19. The number of ketones is 4. The van der Waals surface area contributed by atoms with Gasteiger partial charge in [0.15, 0.2) is 23.1 Å². The van der Waals surface area contributed by atoms with E-state index in [0.29, 0.717) is 22.4 Å². The first-order valence-electron chi connectivity index (χ1n) is 41.0. The van der Waals surface area contributed by atoms with E-state index in [-0.39, 0.29) is 48.5 Å². The summed E-state index contributed by atoms with van der Waals surface area (Å²) in [5, 5.41) is 73.5. The first kappa shape index (κ1) is 99.9. The number of cyclic esters (lactones) is 1. The number of fused-ring (bicyclic) bond motifs is 1. The molecule has 0 radical (unpaired) electrons. The van der Waals surface area contributed by atoms with Crippen LogP contribution in [-0.4, -0.2) is 229 Å². The Morgan fingerprint density at radius 3 is 1.80 bits per heavy atom. The zero-order chi connectivity index (χ0) is 91.6. The lowest BCUT2D eigenvalue weighted by Crippen LogP contribution is -2.58. The molecule has 3 aromatic carbocycles. The second-order valence-electron chi connectivity index (χ2n) is 31.4. The maximum Gasteiger partial charge on any atom is 0.329 e. The van der Waals surface area contributed by atoms with Crippen LogP contribution in [0.1, 0.15) is 194 Å². The van der Waals surface area contributed by atoms with Crippen LogP contribution in [0.3, 0.4) is 0 Å². The van der Waals surface area contributed by atoms with Crippen molar-refractivity contribution >= 4 is 135 Å². The van der Waals surface area contributed by atoms with Gasteiger partial charge in [0.1, 0.15) is 42.4 Å². The maximum atomic E-state index is 15.0. The summed E-state index contributed by atoms with van der Waals surface area (Å²) < 4.78 is 5.76. The number of para-hydroxylation sites is 2. The number of benzene rings is 3. The molecule has 0 bridgehead atoms. The van der Waals surface area contributed by atoms with Gasteiger partial charge in [-0.1, -0.05) is 95.3 Å². The Kier molecular flexibility index (Phi) is 39.7. The molecule has 11 amide bonds. The Balaban J connectivity index is 1.38. The van der Waals surface area contributed by atoms with Gasteiger partial charge in [-0.2, -0.15) is 0 Å². The summed E-state index contributed by atoms with van der Waals surface area (Å²) in [6.45, 7) is 1.62. The number of rotatable bonds is 35. The molecule has 674 valence electrons. The summed E-state index contributed by atoms with van der Waals surface area (Å²) in [6, 6.07) is 3.30. The minimum absolute atomic E-state index is 0.0725. The fourth-order valence-electron chi connectivity index (χ4n) is 14.7. The Hall–Kier alpha value is -12.9. The highest BCUT2D eigenvalue weighted by Gasteiger charge is 2.42. The molecular formula is C84H112N14O26. The number of amides is 11. The van der Waals surface area contributed by atoms with Gasteiger partial charge >= 0.3 is 29.8 Å². The van der Waals surface area contributed by atoms with Gasteiger partial charge in [-0.3, -0.25) is 91.1 Å². The van der Waals surface area contributed by atoms with Crippen molar-refractivity contribution in [3.63, 3.8) is 0 Å².